The summed E-state index contributed by atoms with van der Waals surface area (Å²) in [6.45, 7) is 4.36. The van der Waals surface area contributed by atoms with Gasteiger partial charge in [-0.2, -0.15) is 9.40 Å². The summed E-state index contributed by atoms with van der Waals surface area (Å²) in [5.74, 6) is 0. The third kappa shape index (κ3) is 3.53. The van der Waals surface area contributed by atoms with Crippen LogP contribution in [0.5, 0.6) is 0 Å². The first-order valence-electron chi connectivity index (χ1n) is 6.58. The second kappa shape index (κ2) is 6.29. The molecule has 0 spiro atoms. The maximum atomic E-state index is 12.8. The van der Waals surface area contributed by atoms with Gasteiger partial charge in [-0.3, -0.25) is 4.68 Å². The Morgan fingerprint density at radius 3 is 2.67 bits per heavy atom. The van der Waals surface area contributed by atoms with E-state index < -0.39 is 10.0 Å². The van der Waals surface area contributed by atoms with Crippen LogP contribution in [0.3, 0.4) is 0 Å². The van der Waals surface area contributed by atoms with Gasteiger partial charge in [-0.1, -0.05) is 28.9 Å². The molecule has 1 heterocycles. The molecule has 0 atom stereocenters. The summed E-state index contributed by atoms with van der Waals surface area (Å²) in [4.78, 5) is 0.336. The van der Waals surface area contributed by atoms with Crippen molar-refractivity contribution < 1.29 is 8.42 Å². The number of aryl methyl sites for hydroxylation is 2. The van der Waals surface area contributed by atoms with E-state index in [-0.39, 0.29) is 0 Å². The molecule has 21 heavy (non-hydrogen) atoms. The van der Waals surface area contributed by atoms with Crippen LogP contribution in [0.15, 0.2) is 40.0 Å². The molecule has 0 aliphatic heterocycles. The average molecular weight is 372 g/mol. The predicted molar refractivity (Wildman–Crippen MR) is 85.4 cm³/mol. The van der Waals surface area contributed by atoms with Crippen molar-refractivity contribution in [2.75, 3.05) is 6.54 Å². The first-order chi connectivity index (χ1) is 9.84. The van der Waals surface area contributed by atoms with Gasteiger partial charge in [0.2, 0.25) is 10.0 Å². The van der Waals surface area contributed by atoms with Gasteiger partial charge in [-0.25, -0.2) is 8.42 Å². The van der Waals surface area contributed by atoms with Crippen LogP contribution in [0.1, 0.15) is 18.1 Å². The zero-order valence-electron chi connectivity index (χ0n) is 12.2. The van der Waals surface area contributed by atoms with Crippen LogP contribution in [-0.2, 0) is 23.6 Å². The first kappa shape index (κ1) is 16.2. The molecule has 0 aliphatic carbocycles. The highest BCUT2D eigenvalue weighted by molar-refractivity contribution is 9.10. The number of hydrogen-bond donors (Lipinski definition) is 0. The summed E-state index contributed by atoms with van der Waals surface area (Å²) >= 11 is 3.33. The maximum Gasteiger partial charge on any atom is 0.243 e. The lowest BCUT2D eigenvalue weighted by atomic mass is 10.2. The van der Waals surface area contributed by atoms with E-state index in [9.17, 15) is 8.42 Å². The van der Waals surface area contributed by atoms with Gasteiger partial charge in [0.05, 0.1) is 11.1 Å². The Hall–Kier alpha value is -1.18. The van der Waals surface area contributed by atoms with Crippen molar-refractivity contribution >= 4 is 26.0 Å². The highest BCUT2D eigenvalue weighted by Crippen LogP contribution is 2.24. The van der Waals surface area contributed by atoms with Crippen LogP contribution in [0.25, 0.3) is 0 Å². The fourth-order valence-corrected chi connectivity index (χ4v) is 4.32. The van der Waals surface area contributed by atoms with Gasteiger partial charge >= 0.3 is 0 Å². The first-order valence-corrected chi connectivity index (χ1v) is 8.81. The second-order valence-electron chi connectivity index (χ2n) is 4.86. The van der Waals surface area contributed by atoms with Crippen LogP contribution in [0, 0.1) is 6.92 Å². The number of nitrogens with zero attached hydrogens (tertiary/aromatic N) is 3. The van der Waals surface area contributed by atoms with Gasteiger partial charge in [0.25, 0.3) is 0 Å². The minimum Gasteiger partial charge on any atom is -0.275 e. The van der Waals surface area contributed by atoms with Gasteiger partial charge in [-0.05, 0) is 24.6 Å². The van der Waals surface area contributed by atoms with Crippen molar-refractivity contribution in [3.8, 4) is 0 Å². The number of hydrogen-bond acceptors (Lipinski definition) is 3. The molecule has 0 radical (unpaired) electrons. The topological polar surface area (TPSA) is 55.2 Å². The molecule has 7 heteroatoms. The molecule has 2 aromatic rings. The Bertz CT molecular complexity index is 740. The Balaban J connectivity index is 2.37. The summed E-state index contributed by atoms with van der Waals surface area (Å²) in [5.41, 5.74) is 1.61. The van der Waals surface area contributed by atoms with E-state index in [1.807, 2.05) is 26.2 Å². The van der Waals surface area contributed by atoms with Gasteiger partial charge < -0.3 is 0 Å². The van der Waals surface area contributed by atoms with Crippen molar-refractivity contribution in [3.63, 3.8) is 0 Å². The molecular weight excluding hydrogens is 354 g/mol. The molecule has 0 saturated carbocycles. The van der Waals surface area contributed by atoms with E-state index in [0.717, 1.165) is 15.6 Å². The van der Waals surface area contributed by atoms with Gasteiger partial charge in [-0.15, -0.1) is 0 Å². The molecule has 0 bridgehead atoms. The highest BCUT2D eigenvalue weighted by Gasteiger charge is 2.25. The monoisotopic (exact) mass is 371 g/mol. The fourth-order valence-electron chi connectivity index (χ4n) is 2.11. The Morgan fingerprint density at radius 2 is 2.10 bits per heavy atom. The van der Waals surface area contributed by atoms with Crippen molar-refractivity contribution in [1.29, 1.82) is 0 Å². The Kier molecular flexibility index (Phi) is 4.85. The van der Waals surface area contributed by atoms with Gasteiger partial charge in [0.15, 0.2) is 0 Å². The van der Waals surface area contributed by atoms with Crippen LogP contribution in [0.2, 0.25) is 0 Å². The molecule has 5 nitrogen and oxygen atoms in total. The molecular formula is C14H18BrN3O2S. The summed E-state index contributed by atoms with van der Waals surface area (Å²) in [6.07, 6.45) is 3.51. The van der Waals surface area contributed by atoms with Crippen LogP contribution in [-0.4, -0.2) is 29.0 Å². The molecule has 0 aliphatic rings. The molecule has 1 aromatic heterocycles. The van der Waals surface area contributed by atoms with E-state index in [1.165, 1.54) is 4.31 Å². The minimum atomic E-state index is -3.53. The molecule has 0 unspecified atom stereocenters. The fraction of sp³-hybridized carbons (Fsp3) is 0.357. The summed E-state index contributed by atoms with van der Waals surface area (Å²) < 4.78 is 29.5. The Labute approximate surface area is 133 Å². The molecule has 0 N–H and O–H groups in total. The molecule has 1 aromatic carbocycles. The second-order valence-corrected chi connectivity index (χ2v) is 7.69. The van der Waals surface area contributed by atoms with Crippen molar-refractivity contribution in [2.45, 2.75) is 25.3 Å². The minimum absolute atomic E-state index is 0.318. The quantitative estimate of drug-likeness (QED) is 0.811. The molecule has 0 fully saturated rings. The highest BCUT2D eigenvalue weighted by atomic mass is 79.9. The standard InChI is InChI=1S/C14H18BrN3O2S/c1-4-18(10-12-8-16-17(3)9-12)21(19,20)14-7-13(15)6-5-11(14)2/h5-9H,4,10H2,1-3H3. The van der Waals surface area contributed by atoms with Crippen molar-refractivity contribution in [2.24, 2.45) is 7.05 Å². The van der Waals surface area contributed by atoms with E-state index in [4.69, 9.17) is 0 Å². The maximum absolute atomic E-state index is 12.8. The van der Waals surface area contributed by atoms with Crippen molar-refractivity contribution in [1.82, 2.24) is 14.1 Å². The molecule has 0 amide bonds. The lowest BCUT2D eigenvalue weighted by molar-refractivity contribution is 0.423. The summed E-state index contributed by atoms with van der Waals surface area (Å²) in [5, 5.41) is 4.08. The molecule has 114 valence electrons. The summed E-state index contributed by atoms with van der Waals surface area (Å²) in [6, 6.07) is 5.29. The Morgan fingerprint density at radius 1 is 1.38 bits per heavy atom. The summed E-state index contributed by atoms with van der Waals surface area (Å²) in [7, 11) is -1.71. The van der Waals surface area contributed by atoms with Crippen LogP contribution >= 0.6 is 15.9 Å². The normalized spacial score (nSPS) is 12.0. The average Bonchev–Trinajstić information content (AvgIpc) is 2.84. The number of aromatic nitrogens is 2. The van der Waals surface area contributed by atoms with E-state index in [0.29, 0.717) is 18.0 Å². The predicted octanol–water partition coefficient (Wildman–Crippen LogP) is 2.70. The van der Waals surface area contributed by atoms with E-state index >= 15 is 0 Å². The number of rotatable bonds is 5. The van der Waals surface area contributed by atoms with Crippen LogP contribution < -0.4 is 0 Å². The van der Waals surface area contributed by atoms with Crippen molar-refractivity contribution in [3.05, 3.63) is 46.2 Å². The molecule has 0 saturated heterocycles. The van der Waals surface area contributed by atoms with Gasteiger partial charge in [0, 0.05) is 36.4 Å². The smallest absolute Gasteiger partial charge is 0.243 e. The zero-order chi connectivity index (χ0) is 15.6. The van der Waals surface area contributed by atoms with Gasteiger partial charge in [0.1, 0.15) is 0 Å². The lowest BCUT2D eigenvalue weighted by Crippen LogP contribution is -2.30. The third-order valence-electron chi connectivity index (χ3n) is 3.24. The SMILES string of the molecule is CCN(Cc1cnn(C)c1)S(=O)(=O)c1cc(Br)ccc1C. The third-order valence-corrected chi connectivity index (χ3v) is 5.79. The lowest BCUT2D eigenvalue weighted by Gasteiger charge is -2.21. The zero-order valence-corrected chi connectivity index (χ0v) is 14.6. The number of sulfonamides is 1. The van der Waals surface area contributed by atoms with Crippen LogP contribution in [0.4, 0.5) is 0 Å². The van der Waals surface area contributed by atoms with E-state index in [2.05, 4.69) is 21.0 Å². The number of halogens is 1. The number of benzene rings is 1. The largest absolute Gasteiger partial charge is 0.275 e. The van der Waals surface area contributed by atoms with E-state index in [1.54, 1.807) is 29.9 Å². The molecule has 2 rings (SSSR count).